The fourth-order valence-corrected chi connectivity index (χ4v) is 2.27. The molecule has 2 heterocycles. The molecular formula is C6H3N2NaO2Se. The van der Waals surface area contributed by atoms with E-state index in [1.807, 2.05) is 0 Å². The van der Waals surface area contributed by atoms with E-state index in [-0.39, 0.29) is 49.8 Å². The Morgan fingerprint density at radius 1 is 1.67 bits per heavy atom. The van der Waals surface area contributed by atoms with Gasteiger partial charge >= 0.3 is 96.6 Å². The van der Waals surface area contributed by atoms with Crippen molar-refractivity contribution in [3.05, 3.63) is 16.8 Å². The van der Waals surface area contributed by atoms with Gasteiger partial charge in [0.25, 0.3) is 0 Å². The molecule has 0 saturated carbocycles. The third-order valence-corrected chi connectivity index (χ3v) is 2.97. The van der Waals surface area contributed by atoms with Crippen LogP contribution in [0.1, 0.15) is 10.5 Å². The van der Waals surface area contributed by atoms with Crippen LogP contribution in [0.15, 0.2) is 11.1 Å². The van der Waals surface area contributed by atoms with Gasteiger partial charge in [-0.3, -0.25) is 0 Å². The quantitative estimate of drug-likeness (QED) is 0.514. The number of nitrogens with one attached hydrogen (secondary N) is 1. The Morgan fingerprint density at radius 2 is 2.42 bits per heavy atom. The largest absolute Gasteiger partial charge is 1.00 e. The molecule has 0 atom stereocenters. The van der Waals surface area contributed by atoms with Crippen LogP contribution in [0.3, 0.4) is 0 Å². The molecule has 56 valence electrons. The molecule has 0 bridgehead atoms. The summed E-state index contributed by atoms with van der Waals surface area (Å²) in [5.74, 6) is -1.18. The summed E-state index contributed by atoms with van der Waals surface area (Å²) in [4.78, 5) is 16.9. The van der Waals surface area contributed by atoms with E-state index in [9.17, 15) is 9.90 Å². The monoisotopic (exact) mass is 238 g/mol. The molecule has 0 saturated heterocycles. The maximum Gasteiger partial charge on any atom is 1.00 e. The molecule has 0 aliphatic carbocycles. The summed E-state index contributed by atoms with van der Waals surface area (Å²) in [6.45, 7) is 0. The van der Waals surface area contributed by atoms with Gasteiger partial charge in [-0.2, -0.15) is 0 Å². The van der Waals surface area contributed by atoms with Gasteiger partial charge in [0, 0.05) is 0 Å². The smallest absolute Gasteiger partial charge is 1.00 e. The summed E-state index contributed by atoms with van der Waals surface area (Å²) in [5, 5.41) is 12.1. The molecule has 0 aromatic carbocycles. The number of fused-ring (bicyclic) bond motifs is 1. The van der Waals surface area contributed by atoms with Crippen LogP contribution >= 0.6 is 0 Å². The van der Waals surface area contributed by atoms with Crippen LogP contribution in [0.4, 0.5) is 0 Å². The Morgan fingerprint density at radius 3 is 3.00 bits per heavy atom. The zero-order valence-electron chi connectivity index (χ0n) is 6.33. The first-order chi connectivity index (χ1) is 5.27. The standard InChI is InChI=1S/C6H4N2O2Se.Na/c9-6(10)3-1-4-5(8-3)7-2-11-4;/h1-2,8H,(H,9,10);/q;+1/p-1. The molecule has 4 nitrogen and oxygen atoms in total. The Bertz CT molecular complexity index is 380. The summed E-state index contributed by atoms with van der Waals surface area (Å²) >= 11 is 0.194. The molecular weight excluding hydrogens is 234 g/mol. The molecule has 0 radical (unpaired) electrons. The molecule has 1 N–H and O–H groups in total. The molecule has 0 fully saturated rings. The van der Waals surface area contributed by atoms with Gasteiger partial charge in [-0.05, 0) is 0 Å². The normalized spacial score (nSPS) is 9.67. The van der Waals surface area contributed by atoms with E-state index >= 15 is 0 Å². The number of carboxylic acids is 1. The molecule has 0 amide bonds. The summed E-state index contributed by atoms with van der Waals surface area (Å²) in [6, 6.07) is 1.58. The van der Waals surface area contributed by atoms with Crippen molar-refractivity contribution in [2.45, 2.75) is 0 Å². The average molecular weight is 237 g/mol. The van der Waals surface area contributed by atoms with Gasteiger partial charge in [-0.25, -0.2) is 0 Å². The summed E-state index contributed by atoms with van der Waals surface area (Å²) < 4.78 is 0.983. The SMILES string of the molecule is O=C([O-])c1cc2[se]cnc2[nH]1.[Na+]. The van der Waals surface area contributed by atoms with Crippen molar-refractivity contribution in [3.63, 3.8) is 0 Å². The van der Waals surface area contributed by atoms with E-state index in [0.717, 1.165) is 4.26 Å². The van der Waals surface area contributed by atoms with Crippen LogP contribution in [0.5, 0.6) is 0 Å². The van der Waals surface area contributed by atoms with Crippen LogP contribution in [0, 0.1) is 0 Å². The van der Waals surface area contributed by atoms with Gasteiger partial charge in [-0.15, -0.1) is 0 Å². The summed E-state index contributed by atoms with van der Waals surface area (Å²) in [6.07, 6.45) is 0. The topological polar surface area (TPSA) is 68.8 Å². The number of carboxylic acid groups (broad SMARTS) is 1. The van der Waals surface area contributed by atoms with Gasteiger partial charge in [-0.1, -0.05) is 0 Å². The van der Waals surface area contributed by atoms with Crippen molar-refractivity contribution in [3.8, 4) is 0 Å². The Kier molecular flexibility index (Phi) is 3.15. The van der Waals surface area contributed by atoms with Gasteiger partial charge in [0.1, 0.15) is 0 Å². The third kappa shape index (κ3) is 1.65. The molecule has 6 heteroatoms. The van der Waals surface area contributed by atoms with Crippen LogP contribution in [0.2, 0.25) is 0 Å². The summed E-state index contributed by atoms with van der Waals surface area (Å²) in [5.41, 5.74) is 0.790. The second-order valence-corrected chi connectivity index (χ2v) is 3.90. The van der Waals surface area contributed by atoms with Crippen molar-refractivity contribution >= 4 is 30.4 Å². The number of nitrogens with zero attached hydrogens (tertiary/aromatic N) is 1. The molecule has 12 heavy (non-hydrogen) atoms. The van der Waals surface area contributed by atoms with E-state index in [1.165, 1.54) is 0 Å². The van der Waals surface area contributed by atoms with E-state index in [1.54, 1.807) is 11.1 Å². The Hall–Kier alpha value is -0.0605. The van der Waals surface area contributed by atoms with Gasteiger partial charge in [0.05, 0.1) is 0 Å². The average Bonchev–Trinajstić information content (AvgIpc) is 2.40. The number of carbonyl (C=O) groups is 1. The molecule has 0 aliphatic rings. The van der Waals surface area contributed by atoms with Crippen molar-refractivity contribution in [1.29, 1.82) is 0 Å². The van der Waals surface area contributed by atoms with Gasteiger partial charge in [0.15, 0.2) is 0 Å². The van der Waals surface area contributed by atoms with Crippen LogP contribution in [-0.4, -0.2) is 30.4 Å². The number of H-pyrrole nitrogens is 1. The Labute approximate surface area is 96.0 Å². The van der Waals surface area contributed by atoms with E-state index in [4.69, 9.17) is 0 Å². The number of hydrogen-bond donors (Lipinski definition) is 1. The van der Waals surface area contributed by atoms with Crippen LogP contribution < -0.4 is 34.7 Å². The van der Waals surface area contributed by atoms with Crippen LogP contribution in [0.25, 0.3) is 9.91 Å². The van der Waals surface area contributed by atoms with Crippen molar-refractivity contribution < 1.29 is 39.5 Å². The maximum absolute atomic E-state index is 10.3. The Balaban J connectivity index is 0.000000720. The van der Waals surface area contributed by atoms with E-state index < -0.39 is 5.97 Å². The number of aromatic carboxylic acids is 1. The second-order valence-electron chi connectivity index (χ2n) is 2.04. The zero-order chi connectivity index (χ0) is 7.84. The van der Waals surface area contributed by atoms with Gasteiger partial charge < -0.3 is 0 Å². The predicted molar refractivity (Wildman–Crippen MR) is 37.4 cm³/mol. The predicted octanol–water partition coefficient (Wildman–Crippen LogP) is -4.01. The van der Waals surface area contributed by atoms with Crippen molar-refractivity contribution in [1.82, 2.24) is 9.97 Å². The molecule has 2 aromatic rings. The molecule has 0 spiro atoms. The van der Waals surface area contributed by atoms with E-state index in [2.05, 4.69) is 9.97 Å². The number of aromatic nitrogens is 2. The second kappa shape index (κ2) is 3.77. The van der Waals surface area contributed by atoms with Crippen LogP contribution in [-0.2, 0) is 0 Å². The zero-order valence-corrected chi connectivity index (χ0v) is 10.0. The summed E-state index contributed by atoms with van der Waals surface area (Å²) in [7, 11) is 0. The molecule has 2 aromatic heterocycles. The minimum Gasteiger partial charge on any atom is 1.00 e. The van der Waals surface area contributed by atoms with Gasteiger partial charge in [0.2, 0.25) is 0 Å². The fraction of sp³-hybridized carbons (Fsp3) is 0. The maximum atomic E-state index is 10.3. The first kappa shape index (κ1) is 10.0. The number of carbonyl (C=O) groups excluding carboxylic acids is 1. The van der Waals surface area contributed by atoms with E-state index in [0.29, 0.717) is 5.65 Å². The number of rotatable bonds is 1. The first-order valence-corrected chi connectivity index (χ1v) is 4.75. The van der Waals surface area contributed by atoms with Crippen molar-refractivity contribution in [2.24, 2.45) is 0 Å². The number of aromatic amines is 1. The molecule has 2 rings (SSSR count). The minimum atomic E-state index is -1.18. The van der Waals surface area contributed by atoms with Crippen molar-refractivity contribution in [2.75, 3.05) is 0 Å². The molecule has 0 unspecified atom stereocenters. The first-order valence-electron chi connectivity index (χ1n) is 2.91. The molecule has 0 aliphatic heterocycles. The number of hydrogen-bond acceptors (Lipinski definition) is 3. The minimum absolute atomic E-state index is 0. The fourth-order valence-electron chi connectivity index (χ4n) is 0.856. The third-order valence-electron chi connectivity index (χ3n) is 1.34.